The monoisotopic (exact) mass is 1180 g/mol. The average Bonchev–Trinajstić information content (AvgIpc) is 2.36. The molecule has 460 valence electrons. The van der Waals surface area contributed by atoms with Crippen molar-refractivity contribution in [2.45, 2.75) is 139 Å². The number of likely N-dealkylation sites (N-methyl/N-ethyl adjacent to an activating group) is 1. The highest BCUT2D eigenvalue weighted by Crippen LogP contribution is 2.27. The molecule has 85 heavy (non-hydrogen) atoms. The summed E-state index contributed by atoms with van der Waals surface area (Å²) >= 11 is 0. The first-order valence-corrected chi connectivity index (χ1v) is 30.4. The Morgan fingerprint density at radius 1 is 0.624 bits per heavy atom. The number of hydrogen-bond acceptors (Lipinski definition) is 10. The van der Waals surface area contributed by atoms with E-state index in [1.54, 1.807) is 97.2 Å². The van der Waals surface area contributed by atoms with Crippen LogP contribution in [0.3, 0.4) is 0 Å². The highest BCUT2D eigenvalue weighted by molar-refractivity contribution is 7.90. The Balaban J connectivity index is 0.000000398. The Labute approximate surface area is 507 Å². The maximum Gasteiger partial charge on any atom is 0.268 e. The second-order valence-electron chi connectivity index (χ2n) is 25.5. The molecule has 3 amide bonds. The molecule has 14 nitrogen and oxygen atoms in total. The second kappa shape index (κ2) is 36.9. The molecular weight excluding hydrogens is 1090 g/mol. The number of ketones is 3. The van der Waals surface area contributed by atoms with E-state index < -0.39 is 22.4 Å². The number of carbonyl (C=O) groups excluding carboxylic acids is 6. The summed E-state index contributed by atoms with van der Waals surface area (Å²) in [6.07, 6.45) is 12.2. The quantitative estimate of drug-likeness (QED) is 0.0425. The first-order valence-electron chi connectivity index (χ1n) is 29.0. The van der Waals surface area contributed by atoms with Gasteiger partial charge in [-0.15, -0.1) is 0 Å². The largest absolute Gasteiger partial charge is 0.389 e. The molecule has 1 saturated carbocycles. The molecule has 1 aliphatic rings. The summed E-state index contributed by atoms with van der Waals surface area (Å²) < 4.78 is 27.1. The lowest BCUT2D eigenvalue weighted by Crippen LogP contribution is -2.36. The van der Waals surface area contributed by atoms with Crippen LogP contribution in [0.4, 0.5) is 0 Å². The summed E-state index contributed by atoms with van der Waals surface area (Å²) in [7, 11) is -0.582. The van der Waals surface area contributed by atoms with Crippen molar-refractivity contribution < 1.29 is 42.3 Å². The van der Waals surface area contributed by atoms with Gasteiger partial charge < -0.3 is 20.6 Å². The van der Waals surface area contributed by atoms with Crippen LogP contribution in [0.1, 0.15) is 165 Å². The first-order chi connectivity index (χ1) is 39.8. The fourth-order valence-electron chi connectivity index (χ4n) is 7.62. The molecule has 1 fully saturated rings. The van der Waals surface area contributed by atoms with E-state index in [4.69, 9.17) is 5.11 Å². The van der Waals surface area contributed by atoms with E-state index in [9.17, 15) is 37.2 Å². The number of rotatable bonds is 18. The SMILES string of the molecule is CC(C)(C)C.CC(C)(C)C.CC(C)(C)C.CNC(=O)/C=C/c1cccc(S(=O)(=O)n2ccc3ccccc32)c1.CNC(=O)c1ccc(CN(CC(=O)CC2CCCCC2)C(=O)c2ccccc2)cc1.O=C(CO)CC(=O)CN=Cc1ccccc1. The second-order valence-corrected chi connectivity index (χ2v) is 27.4. The number of aliphatic hydroxyl groups excluding tert-OH is 1. The van der Waals surface area contributed by atoms with Crippen LogP contribution in [0.5, 0.6) is 0 Å². The predicted octanol–water partition coefficient (Wildman–Crippen LogP) is 13.6. The van der Waals surface area contributed by atoms with Crippen molar-refractivity contribution in [3.05, 3.63) is 180 Å². The van der Waals surface area contributed by atoms with Gasteiger partial charge in [-0.25, -0.2) is 12.4 Å². The number of aliphatic imine (C=N–C) groups is 1. The number of amides is 3. The van der Waals surface area contributed by atoms with Crippen LogP contribution in [0.2, 0.25) is 0 Å². The maximum atomic E-state index is 13.1. The molecule has 6 aromatic rings. The molecule has 1 heterocycles. The molecule has 1 aromatic heterocycles. The van der Waals surface area contributed by atoms with Crippen molar-refractivity contribution in [3.63, 3.8) is 0 Å². The fourth-order valence-corrected chi connectivity index (χ4v) is 9.03. The molecule has 5 aromatic carbocycles. The van der Waals surface area contributed by atoms with E-state index in [1.807, 2.05) is 72.8 Å². The van der Waals surface area contributed by atoms with Crippen LogP contribution >= 0.6 is 0 Å². The Bertz CT molecular complexity index is 3130. The van der Waals surface area contributed by atoms with Gasteiger partial charge in [-0.1, -0.05) is 206 Å². The normalized spacial score (nSPS) is 12.5. The van der Waals surface area contributed by atoms with Crippen molar-refractivity contribution in [2.24, 2.45) is 27.2 Å². The van der Waals surface area contributed by atoms with E-state index >= 15 is 0 Å². The highest BCUT2D eigenvalue weighted by Gasteiger charge is 2.23. The van der Waals surface area contributed by atoms with Crippen molar-refractivity contribution in [1.82, 2.24) is 19.5 Å². The summed E-state index contributed by atoms with van der Waals surface area (Å²) in [5, 5.41) is 14.4. The van der Waals surface area contributed by atoms with Crippen molar-refractivity contribution in [2.75, 3.05) is 33.8 Å². The molecule has 0 aliphatic heterocycles. The third kappa shape index (κ3) is 32.9. The molecule has 0 atom stereocenters. The van der Waals surface area contributed by atoms with Crippen LogP contribution < -0.4 is 10.6 Å². The van der Waals surface area contributed by atoms with E-state index in [2.05, 4.69) is 98.7 Å². The maximum absolute atomic E-state index is 13.1. The molecule has 15 heteroatoms. The molecule has 0 spiro atoms. The molecule has 0 saturated heterocycles. The van der Waals surface area contributed by atoms with Gasteiger partial charge in [0, 0.05) is 62.1 Å². The standard InChI is InChI=1S/C25H30N2O3.C18H16N2O3S.C12H13NO3.3C5H12/c1-26-24(29)21-14-12-20(13-15-21)17-27(25(30)22-10-6-3-7-11-22)18-23(28)16-19-8-4-2-5-9-19;1-19-18(21)10-9-14-5-4-7-16(13-14)24(22,23)20-12-11-15-6-2-3-8-17(15)20;14-9-12(16)6-11(15)8-13-7-10-4-2-1-3-5-10;3*1-5(2,3)4/h3,6-7,10-15,19H,2,4-5,8-9,16-18H2,1H3,(H,26,29);2-13H,1H3,(H,19,21);1-5,7,14H,6,8-9H2;3*1-4H3/b;10-9+;;;;. The Kier molecular flexibility index (Phi) is 31.9. The molecule has 0 unspecified atom stereocenters. The number of aliphatic hydroxyl groups is 1. The van der Waals surface area contributed by atoms with E-state index in [1.165, 1.54) is 36.4 Å². The zero-order valence-corrected chi connectivity index (χ0v) is 53.7. The lowest BCUT2D eigenvalue weighted by atomic mass is 9.86. The minimum atomic E-state index is -3.71. The van der Waals surface area contributed by atoms with Crippen LogP contribution in [-0.2, 0) is 35.7 Å². The third-order valence-electron chi connectivity index (χ3n) is 11.3. The van der Waals surface area contributed by atoms with Crippen LogP contribution in [-0.4, -0.2) is 97.5 Å². The number of hydrogen-bond donors (Lipinski definition) is 3. The summed E-state index contributed by atoms with van der Waals surface area (Å²) in [6.45, 7) is 26.1. The van der Waals surface area contributed by atoms with Gasteiger partial charge in [0.25, 0.3) is 21.8 Å². The topological polar surface area (TPSA) is 201 Å². The number of Topliss-reactive ketones (excluding diaryl/α,β-unsaturated/α-hetero) is 3. The van der Waals surface area contributed by atoms with Gasteiger partial charge >= 0.3 is 0 Å². The summed E-state index contributed by atoms with van der Waals surface area (Å²) in [6, 6.07) is 41.1. The van der Waals surface area contributed by atoms with Gasteiger partial charge in [0.15, 0.2) is 17.3 Å². The lowest BCUT2D eigenvalue weighted by molar-refractivity contribution is -0.128. The third-order valence-corrected chi connectivity index (χ3v) is 12.9. The first kappa shape index (κ1) is 73.5. The number of nitrogens with zero attached hydrogens (tertiary/aromatic N) is 3. The minimum Gasteiger partial charge on any atom is -0.389 e. The number of para-hydroxylation sites is 1. The van der Waals surface area contributed by atoms with Gasteiger partial charge in [0.1, 0.15) is 6.61 Å². The van der Waals surface area contributed by atoms with Crippen LogP contribution in [0, 0.1) is 22.2 Å². The number of benzene rings is 5. The van der Waals surface area contributed by atoms with E-state index in [0.29, 0.717) is 57.3 Å². The zero-order chi connectivity index (χ0) is 63.8. The van der Waals surface area contributed by atoms with Gasteiger partial charge in [-0.2, -0.15) is 0 Å². The molecule has 1 aliphatic carbocycles. The summed E-state index contributed by atoms with van der Waals surface area (Å²) in [4.78, 5) is 76.5. The van der Waals surface area contributed by atoms with E-state index in [0.717, 1.165) is 29.4 Å². The smallest absolute Gasteiger partial charge is 0.268 e. The van der Waals surface area contributed by atoms with Gasteiger partial charge in [-0.3, -0.25) is 33.8 Å². The van der Waals surface area contributed by atoms with Crippen molar-refractivity contribution in [3.8, 4) is 0 Å². The Hall–Kier alpha value is -7.62. The fraction of sp³-hybridized carbons (Fsp3) is 0.414. The molecule has 3 N–H and O–H groups in total. The molecule has 7 rings (SSSR count). The van der Waals surface area contributed by atoms with E-state index in [-0.39, 0.29) is 53.7 Å². The van der Waals surface area contributed by atoms with Crippen molar-refractivity contribution >= 4 is 68.3 Å². The highest BCUT2D eigenvalue weighted by atomic mass is 32.2. The van der Waals surface area contributed by atoms with Gasteiger partial charge in [0.2, 0.25) is 5.91 Å². The average molecular weight is 1180 g/mol. The Morgan fingerprint density at radius 2 is 1.16 bits per heavy atom. The predicted molar refractivity (Wildman–Crippen MR) is 347 cm³/mol. The molecule has 0 radical (unpaired) electrons. The Morgan fingerprint density at radius 3 is 1.72 bits per heavy atom. The zero-order valence-electron chi connectivity index (χ0n) is 52.9. The molecular formula is C70H95N5O9S. The lowest BCUT2D eigenvalue weighted by Gasteiger charge is -2.25. The number of fused-ring (bicyclic) bond motifs is 1. The van der Waals surface area contributed by atoms with Crippen molar-refractivity contribution in [1.29, 1.82) is 0 Å². The van der Waals surface area contributed by atoms with Crippen LogP contribution in [0.15, 0.2) is 162 Å². The summed E-state index contributed by atoms with van der Waals surface area (Å²) in [5.41, 5.74) is 5.70. The number of aromatic nitrogens is 1. The minimum absolute atomic E-state index is 0.0271. The van der Waals surface area contributed by atoms with Gasteiger partial charge in [-0.05, 0) is 93.5 Å². The summed E-state index contributed by atoms with van der Waals surface area (Å²) in [5.74, 6) is -0.741. The number of nitrogens with one attached hydrogen (secondary N) is 2. The van der Waals surface area contributed by atoms with Gasteiger partial charge in [0.05, 0.1) is 29.9 Å². The number of carbonyl (C=O) groups is 6. The van der Waals surface area contributed by atoms with Crippen LogP contribution in [0.25, 0.3) is 17.0 Å². The molecule has 0 bridgehead atoms.